The minimum absolute atomic E-state index is 0.0139. The first-order valence-corrected chi connectivity index (χ1v) is 9.79. The molecule has 0 spiro atoms. The number of hydrogen-bond acceptors (Lipinski definition) is 6. The van der Waals surface area contributed by atoms with Crippen molar-refractivity contribution < 1.29 is 9.21 Å². The minimum atomic E-state index is -0.728. The maximum Gasteiger partial charge on any atom is 0.297 e. The summed E-state index contributed by atoms with van der Waals surface area (Å²) >= 11 is 13.4. The van der Waals surface area contributed by atoms with Gasteiger partial charge in [0.25, 0.3) is 5.91 Å². The molecule has 0 N–H and O–H groups in total. The van der Waals surface area contributed by atoms with Gasteiger partial charge in [-0.1, -0.05) is 46.7 Å². The van der Waals surface area contributed by atoms with E-state index in [4.69, 9.17) is 27.6 Å². The first-order valence-electron chi connectivity index (χ1n) is 8.16. The molecule has 0 saturated carbocycles. The minimum Gasteiger partial charge on any atom is -0.450 e. The number of nitrogens with zero attached hydrogens (tertiary/aromatic N) is 3. The van der Waals surface area contributed by atoms with Crippen molar-refractivity contribution in [2.75, 3.05) is 4.90 Å². The number of fused-ring (bicyclic) bond motifs is 2. The maximum atomic E-state index is 13.3. The van der Waals surface area contributed by atoms with Crippen LogP contribution in [0.1, 0.15) is 27.7 Å². The van der Waals surface area contributed by atoms with Crippen molar-refractivity contribution in [1.29, 1.82) is 0 Å². The molecule has 1 amide bonds. The van der Waals surface area contributed by atoms with E-state index in [2.05, 4.69) is 10.2 Å². The lowest BCUT2D eigenvalue weighted by Crippen LogP contribution is -2.29. The lowest BCUT2D eigenvalue weighted by atomic mass is 9.99. The Labute approximate surface area is 171 Å². The van der Waals surface area contributed by atoms with Crippen molar-refractivity contribution in [3.05, 3.63) is 85.1 Å². The fraction of sp³-hybridized carbons (Fsp3) is 0.0526. The van der Waals surface area contributed by atoms with Crippen molar-refractivity contribution >= 4 is 56.5 Å². The molecule has 5 rings (SSSR count). The van der Waals surface area contributed by atoms with Crippen LogP contribution >= 0.6 is 34.5 Å². The van der Waals surface area contributed by atoms with Crippen LogP contribution in [0.4, 0.5) is 5.13 Å². The molecule has 2 aromatic carbocycles. The molecule has 1 aliphatic heterocycles. The molecule has 2 aromatic heterocycles. The highest BCUT2D eigenvalue weighted by Gasteiger charge is 2.45. The fourth-order valence-electron chi connectivity index (χ4n) is 3.41. The van der Waals surface area contributed by atoms with Gasteiger partial charge in [-0.2, -0.15) is 0 Å². The highest BCUT2D eigenvalue weighted by molar-refractivity contribution is 7.13. The van der Waals surface area contributed by atoms with Gasteiger partial charge in [-0.15, -0.1) is 10.2 Å². The molecule has 138 valence electrons. The molecule has 1 unspecified atom stereocenters. The van der Waals surface area contributed by atoms with E-state index in [0.717, 1.165) is 0 Å². The van der Waals surface area contributed by atoms with Crippen molar-refractivity contribution in [3.8, 4) is 0 Å². The Kier molecular flexibility index (Phi) is 3.97. The van der Waals surface area contributed by atoms with Gasteiger partial charge < -0.3 is 4.42 Å². The number of halogens is 2. The van der Waals surface area contributed by atoms with Gasteiger partial charge in [0.05, 0.1) is 17.0 Å². The van der Waals surface area contributed by atoms with Crippen LogP contribution < -0.4 is 10.3 Å². The van der Waals surface area contributed by atoms with Gasteiger partial charge in [0.1, 0.15) is 11.1 Å². The average Bonchev–Trinajstić information content (AvgIpc) is 3.29. The standard InChI is InChI=1S/C19H9Cl2N3O3S/c20-10-3-1-2-9(6-10)15-14-16(25)12-7-11(21)4-5-13(12)27-17(14)18(26)24(15)19-23-22-8-28-19/h1-8,15H. The predicted octanol–water partition coefficient (Wildman–Crippen LogP) is 4.70. The Morgan fingerprint density at radius 2 is 1.89 bits per heavy atom. The quantitative estimate of drug-likeness (QED) is 0.461. The van der Waals surface area contributed by atoms with E-state index in [-0.39, 0.29) is 16.8 Å². The molecule has 1 aliphatic rings. The summed E-state index contributed by atoms with van der Waals surface area (Å²) in [5, 5.41) is 9.41. The third-order valence-electron chi connectivity index (χ3n) is 4.55. The van der Waals surface area contributed by atoms with Gasteiger partial charge in [0.2, 0.25) is 10.9 Å². The Balaban J connectivity index is 1.85. The van der Waals surface area contributed by atoms with Crippen LogP contribution in [0.15, 0.2) is 57.2 Å². The SMILES string of the molecule is O=C1c2oc3ccc(Cl)cc3c(=O)c2C(c2cccc(Cl)c2)N1c1nncs1. The Bertz CT molecular complexity index is 1300. The number of hydrogen-bond donors (Lipinski definition) is 0. The predicted molar refractivity (Wildman–Crippen MR) is 108 cm³/mol. The van der Waals surface area contributed by atoms with E-state index in [1.807, 2.05) is 0 Å². The zero-order valence-corrected chi connectivity index (χ0v) is 16.3. The van der Waals surface area contributed by atoms with E-state index in [1.165, 1.54) is 27.8 Å². The molecule has 28 heavy (non-hydrogen) atoms. The van der Waals surface area contributed by atoms with Gasteiger partial charge in [0.15, 0.2) is 5.43 Å². The smallest absolute Gasteiger partial charge is 0.297 e. The molecule has 0 fully saturated rings. The number of amides is 1. The van der Waals surface area contributed by atoms with E-state index < -0.39 is 11.9 Å². The molecule has 0 aliphatic carbocycles. The number of aromatic nitrogens is 2. The summed E-state index contributed by atoms with van der Waals surface area (Å²) in [4.78, 5) is 28.0. The van der Waals surface area contributed by atoms with Crippen LogP contribution in [0.2, 0.25) is 10.0 Å². The number of benzene rings is 2. The second-order valence-corrected chi connectivity index (χ2v) is 7.85. The van der Waals surface area contributed by atoms with Crippen LogP contribution in [0, 0.1) is 0 Å². The van der Waals surface area contributed by atoms with Crippen LogP contribution in [-0.2, 0) is 0 Å². The van der Waals surface area contributed by atoms with Gasteiger partial charge >= 0.3 is 0 Å². The van der Waals surface area contributed by atoms with Gasteiger partial charge in [-0.3, -0.25) is 14.5 Å². The van der Waals surface area contributed by atoms with Crippen LogP contribution in [0.5, 0.6) is 0 Å². The first-order chi connectivity index (χ1) is 13.5. The summed E-state index contributed by atoms with van der Waals surface area (Å²) in [5.41, 5.74) is 2.40. The lowest BCUT2D eigenvalue weighted by molar-refractivity contribution is 0.0970. The number of anilines is 1. The average molecular weight is 430 g/mol. The molecular weight excluding hydrogens is 421 g/mol. The van der Waals surface area contributed by atoms with Crippen LogP contribution in [0.25, 0.3) is 11.0 Å². The molecule has 9 heteroatoms. The fourth-order valence-corrected chi connectivity index (χ4v) is 4.36. The molecule has 0 radical (unpaired) electrons. The maximum absolute atomic E-state index is 13.3. The largest absolute Gasteiger partial charge is 0.450 e. The third-order valence-corrected chi connectivity index (χ3v) is 5.71. The summed E-state index contributed by atoms with van der Waals surface area (Å²) in [5.74, 6) is -0.467. The summed E-state index contributed by atoms with van der Waals surface area (Å²) in [6.45, 7) is 0. The van der Waals surface area contributed by atoms with Crippen molar-refractivity contribution in [2.24, 2.45) is 0 Å². The van der Waals surface area contributed by atoms with Crippen molar-refractivity contribution in [3.63, 3.8) is 0 Å². The second kappa shape index (κ2) is 6.41. The Morgan fingerprint density at radius 3 is 2.64 bits per heavy atom. The number of rotatable bonds is 2. The topological polar surface area (TPSA) is 76.3 Å². The molecule has 6 nitrogen and oxygen atoms in total. The molecule has 0 bridgehead atoms. The Morgan fingerprint density at radius 1 is 1.07 bits per heavy atom. The highest BCUT2D eigenvalue weighted by atomic mass is 35.5. The number of carbonyl (C=O) groups is 1. The van der Waals surface area contributed by atoms with Gasteiger partial charge in [-0.05, 0) is 35.9 Å². The van der Waals surface area contributed by atoms with Crippen LogP contribution in [-0.4, -0.2) is 16.1 Å². The summed E-state index contributed by atoms with van der Waals surface area (Å²) < 4.78 is 5.84. The summed E-state index contributed by atoms with van der Waals surface area (Å²) in [6.07, 6.45) is 0. The normalized spacial score (nSPS) is 16.0. The van der Waals surface area contributed by atoms with E-state index >= 15 is 0 Å². The second-order valence-electron chi connectivity index (χ2n) is 6.17. The van der Waals surface area contributed by atoms with Gasteiger partial charge in [-0.25, -0.2) is 0 Å². The zero-order chi connectivity index (χ0) is 19.4. The molecule has 1 atom stereocenters. The van der Waals surface area contributed by atoms with Crippen molar-refractivity contribution in [2.45, 2.75) is 6.04 Å². The summed E-state index contributed by atoms with van der Waals surface area (Å²) in [7, 11) is 0. The van der Waals surface area contributed by atoms with Crippen molar-refractivity contribution in [1.82, 2.24) is 10.2 Å². The lowest BCUT2D eigenvalue weighted by Gasteiger charge is -2.22. The monoisotopic (exact) mass is 429 g/mol. The highest BCUT2D eigenvalue weighted by Crippen LogP contribution is 2.42. The van der Waals surface area contributed by atoms with Crippen LogP contribution in [0.3, 0.4) is 0 Å². The van der Waals surface area contributed by atoms with E-state index in [9.17, 15) is 9.59 Å². The zero-order valence-electron chi connectivity index (χ0n) is 13.9. The number of carbonyl (C=O) groups excluding carboxylic acids is 1. The summed E-state index contributed by atoms with van der Waals surface area (Å²) in [6, 6.07) is 11.0. The van der Waals surface area contributed by atoms with Gasteiger partial charge in [0, 0.05) is 10.0 Å². The molecular formula is C19H9Cl2N3O3S. The van der Waals surface area contributed by atoms with E-state index in [1.54, 1.807) is 36.4 Å². The Hall–Kier alpha value is -2.74. The molecule has 3 heterocycles. The van der Waals surface area contributed by atoms with E-state index in [0.29, 0.717) is 31.7 Å². The molecule has 4 aromatic rings. The molecule has 0 saturated heterocycles. The first kappa shape index (κ1) is 17.4. The third kappa shape index (κ3) is 2.55.